The standard InChI is InChI=1S/C18H20N2O3S/c21-16-5-2-7-20(11-16)18(23)14-3-1-4-15(10-14)19-17(22)9-13-6-8-24-12-13/h1,3-4,6,8,10,12,16,21H,2,5,7,9,11H2,(H,19,22)/t16-/m0/s1. The lowest BCUT2D eigenvalue weighted by Crippen LogP contribution is -2.42. The molecule has 0 unspecified atom stereocenters. The van der Waals surface area contributed by atoms with Crippen LogP contribution in [0.15, 0.2) is 41.1 Å². The minimum atomic E-state index is -0.448. The summed E-state index contributed by atoms with van der Waals surface area (Å²) in [5, 5.41) is 16.4. The minimum absolute atomic E-state index is 0.105. The Morgan fingerprint density at radius 3 is 2.96 bits per heavy atom. The third-order valence-electron chi connectivity index (χ3n) is 4.02. The Morgan fingerprint density at radius 1 is 1.33 bits per heavy atom. The van der Waals surface area contributed by atoms with Crippen LogP contribution in [0.3, 0.4) is 0 Å². The highest BCUT2D eigenvalue weighted by atomic mass is 32.1. The Morgan fingerprint density at radius 2 is 2.21 bits per heavy atom. The summed E-state index contributed by atoms with van der Waals surface area (Å²) in [5.74, 6) is -0.214. The third-order valence-corrected chi connectivity index (χ3v) is 4.75. The van der Waals surface area contributed by atoms with Crippen LogP contribution in [0.2, 0.25) is 0 Å². The fourth-order valence-electron chi connectivity index (χ4n) is 2.84. The molecule has 2 heterocycles. The zero-order valence-electron chi connectivity index (χ0n) is 13.3. The van der Waals surface area contributed by atoms with Gasteiger partial charge in [0.05, 0.1) is 12.5 Å². The lowest BCUT2D eigenvalue weighted by atomic mass is 10.1. The number of hydrogen-bond acceptors (Lipinski definition) is 4. The van der Waals surface area contributed by atoms with E-state index in [0.29, 0.717) is 30.8 Å². The predicted octanol–water partition coefficient (Wildman–Crippen LogP) is 2.53. The molecule has 6 heteroatoms. The van der Waals surface area contributed by atoms with Crippen molar-refractivity contribution < 1.29 is 14.7 Å². The summed E-state index contributed by atoms with van der Waals surface area (Å²) in [6, 6.07) is 8.87. The molecule has 2 N–H and O–H groups in total. The van der Waals surface area contributed by atoms with Crippen LogP contribution in [0.4, 0.5) is 5.69 Å². The topological polar surface area (TPSA) is 69.6 Å². The number of aliphatic hydroxyl groups excluding tert-OH is 1. The largest absolute Gasteiger partial charge is 0.391 e. The maximum atomic E-state index is 12.5. The summed E-state index contributed by atoms with van der Waals surface area (Å²) in [5.41, 5.74) is 2.11. The monoisotopic (exact) mass is 344 g/mol. The van der Waals surface area contributed by atoms with E-state index in [2.05, 4.69) is 5.32 Å². The fourth-order valence-corrected chi connectivity index (χ4v) is 3.50. The number of thiophene rings is 1. The molecule has 5 nitrogen and oxygen atoms in total. The van der Waals surface area contributed by atoms with Crippen LogP contribution in [0.1, 0.15) is 28.8 Å². The number of hydrogen-bond donors (Lipinski definition) is 2. The van der Waals surface area contributed by atoms with E-state index in [4.69, 9.17) is 0 Å². The van der Waals surface area contributed by atoms with Crippen molar-refractivity contribution >= 4 is 28.8 Å². The average molecular weight is 344 g/mol. The highest BCUT2D eigenvalue weighted by molar-refractivity contribution is 7.08. The molecule has 0 bridgehead atoms. The van der Waals surface area contributed by atoms with Gasteiger partial charge < -0.3 is 15.3 Å². The van der Waals surface area contributed by atoms with Crippen LogP contribution in [-0.2, 0) is 11.2 Å². The average Bonchev–Trinajstić information content (AvgIpc) is 3.07. The molecule has 0 saturated carbocycles. The van der Waals surface area contributed by atoms with Crippen LogP contribution < -0.4 is 5.32 Å². The van der Waals surface area contributed by atoms with Gasteiger partial charge in [-0.3, -0.25) is 9.59 Å². The van der Waals surface area contributed by atoms with Gasteiger partial charge in [0.2, 0.25) is 5.91 Å². The van der Waals surface area contributed by atoms with E-state index in [-0.39, 0.29) is 11.8 Å². The molecular weight excluding hydrogens is 324 g/mol. The number of β-amino-alcohol motifs (C(OH)–C–C–N with tert-alkyl or cyclic N) is 1. The number of nitrogens with one attached hydrogen (secondary N) is 1. The summed E-state index contributed by atoms with van der Waals surface area (Å²) >= 11 is 1.56. The molecule has 3 rings (SSSR count). The molecule has 126 valence electrons. The van der Waals surface area contributed by atoms with Crippen molar-refractivity contribution in [2.75, 3.05) is 18.4 Å². The number of rotatable bonds is 4. The van der Waals surface area contributed by atoms with Crippen molar-refractivity contribution in [3.8, 4) is 0 Å². The normalized spacial score (nSPS) is 17.5. The number of benzene rings is 1. The highest BCUT2D eigenvalue weighted by Crippen LogP contribution is 2.17. The van der Waals surface area contributed by atoms with Crippen molar-refractivity contribution in [2.24, 2.45) is 0 Å². The van der Waals surface area contributed by atoms with Gasteiger partial charge in [-0.25, -0.2) is 0 Å². The quantitative estimate of drug-likeness (QED) is 0.895. The molecule has 24 heavy (non-hydrogen) atoms. The number of likely N-dealkylation sites (tertiary alicyclic amines) is 1. The van der Waals surface area contributed by atoms with Gasteiger partial charge in [0.25, 0.3) is 5.91 Å². The number of carbonyl (C=O) groups is 2. The summed E-state index contributed by atoms with van der Waals surface area (Å²) in [6.07, 6.45) is 1.42. The Labute approximate surface area is 144 Å². The zero-order chi connectivity index (χ0) is 16.9. The Kier molecular flexibility index (Phi) is 5.27. The Bertz CT molecular complexity index is 715. The number of amides is 2. The molecular formula is C18H20N2O3S. The predicted molar refractivity (Wildman–Crippen MR) is 94.2 cm³/mol. The van der Waals surface area contributed by atoms with Gasteiger partial charge in [0, 0.05) is 24.3 Å². The van der Waals surface area contributed by atoms with E-state index < -0.39 is 6.10 Å². The second kappa shape index (κ2) is 7.59. The molecule has 1 aliphatic heterocycles. The second-order valence-corrected chi connectivity index (χ2v) is 6.76. The van der Waals surface area contributed by atoms with Gasteiger partial charge >= 0.3 is 0 Å². The molecule has 2 aromatic rings. The number of anilines is 1. The Balaban J connectivity index is 1.65. The minimum Gasteiger partial charge on any atom is -0.391 e. The van der Waals surface area contributed by atoms with Crippen LogP contribution in [0, 0.1) is 0 Å². The lowest BCUT2D eigenvalue weighted by Gasteiger charge is -2.30. The van der Waals surface area contributed by atoms with Gasteiger partial charge in [0.1, 0.15) is 0 Å². The van der Waals surface area contributed by atoms with E-state index in [1.165, 1.54) is 0 Å². The van der Waals surface area contributed by atoms with Crippen LogP contribution in [0.5, 0.6) is 0 Å². The lowest BCUT2D eigenvalue weighted by molar-refractivity contribution is -0.115. The summed E-state index contributed by atoms with van der Waals surface area (Å²) < 4.78 is 0. The SMILES string of the molecule is O=C(Cc1ccsc1)Nc1cccc(C(=O)N2CCC[C@H](O)C2)c1. The maximum absolute atomic E-state index is 12.5. The van der Waals surface area contributed by atoms with Crippen molar-refractivity contribution in [1.29, 1.82) is 0 Å². The maximum Gasteiger partial charge on any atom is 0.254 e. The zero-order valence-corrected chi connectivity index (χ0v) is 14.1. The first kappa shape index (κ1) is 16.7. The van der Waals surface area contributed by atoms with Crippen molar-refractivity contribution in [1.82, 2.24) is 4.90 Å². The van der Waals surface area contributed by atoms with Crippen molar-refractivity contribution in [3.05, 3.63) is 52.2 Å². The van der Waals surface area contributed by atoms with E-state index >= 15 is 0 Å². The number of aliphatic hydroxyl groups is 1. The van der Waals surface area contributed by atoms with Crippen molar-refractivity contribution in [2.45, 2.75) is 25.4 Å². The van der Waals surface area contributed by atoms with E-state index in [1.54, 1.807) is 40.5 Å². The van der Waals surface area contributed by atoms with Crippen LogP contribution >= 0.6 is 11.3 Å². The smallest absolute Gasteiger partial charge is 0.254 e. The number of piperidine rings is 1. The summed E-state index contributed by atoms with van der Waals surface area (Å²) in [4.78, 5) is 26.3. The van der Waals surface area contributed by atoms with E-state index in [1.807, 2.05) is 16.8 Å². The first-order valence-corrected chi connectivity index (χ1v) is 8.94. The molecule has 1 aromatic heterocycles. The van der Waals surface area contributed by atoms with Gasteiger partial charge in [-0.05, 0) is 53.4 Å². The molecule has 0 spiro atoms. The van der Waals surface area contributed by atoms with Crippen LogP contribution in [0.25, 0.3) is 0 Å². The van der Waals surface area contributed by atoms with Gasteiger partial charge in [0.15, 0.2) is 0 Å². The van der Waals surface area contributed by atoms with Gasteiger partial charge in [-0.2, -0.15) is 11.3 Å². The van der Waals surface area contributed by atoms with E-state index in [9.17, 15) is 14.7 Å². The molecule has 1 saturated heterocycles. The van der Waals surface area contributed by atoms with Gasteiger partial charge in [-0.1, -0.05) is 6.07 Å². The first-order chi connectivity index (χ1) is 11.6. The van der Waals surface area contributed by atoms with Crippen molar-refractivity contribution in [3.63, 3.8) is 0 Å². The Hall–Kier alpha value is -2.18. The van der Waals surface area contributed by atoms with Gasteiger partial charge in [-0.15, -0.1) is 0 Å². The number of nitrogens with zero attached hydrogens (tertiary/aromatic N) is 1. The third kappa shape index (κ3) is 4.21. The molecule has 1 fully saturated rings. The highest BCUT2D eigenvalue weighted by Gasteiger charge is 2.23. The first-order valence-electron chi connectivity index (χ1n) is 8.00. The molecule has 1 aliphatic rings. The molecule has 2 amide bonds. The fraction of sp³-hybridized carbons (Fsp3) is 0.333. The molecule has 1 atom stereocenters. The number of carbonyl (C=O) groups excluding carboxylic acids is 2. The summed E-state index contributed by atoms with van der Waals surface area (Å²) in [7, 11) is 0. The molecule has 0 aliphatic carbocycles. The second-order valence-electron chi connectivity index (χ2n) is 5.98. The van der Waals surface area contributed by atoms with E-state index in [0.717, 1.165) is 18.4 Å². The van der Waals surface area contributed by atoms with Crippen LogP contribution in [-0.4, -0.2) is 41.0 Å². The molecule has 1 aromatic carbocycles. The summed E-state index contributed by atoms with van der Waals surface area (Å²) in [6.45, 7) is 1.03. The molecule has 0 radical (unpaired) electrons.